The zero-order valence-corrected chi connectivity index (χ0v) is 13.3. The molecule has 0 aromatic carbocycles. The number of aliphatic hydroxyl groups is 1. The summed E-state index contributed by atoms with van der Waals surface area (Å²) in [5.41, 5.74) is 0. The lowest BCUT2D eigenvalue weighted by molar-refractivity contribution is 0.282. The van der Waals surface area contributed by atoms with E-state index in [4.69, 9.17) is 5.11 Å². The topological polar surface area (TPSA) is 32.3 Å². The second-order valence-electron chi connectivity index (χ2n) is 5.72. The van der Waals surface area contributed by atoms with Gasteiger partial charge in [-0.2, -0.15) is 0 Å². The average molecular weight is 271 g/mol. The molecule has 0 saturated carbocycles. The van der Waals surface area contributed by atoms with Crippen LogP contribution in [0.1, 0.15) is 90.4 Å². The van der Waals surface area contributed by atoms with Gasteiger partial charge in [0.2, 0.25) is 0 Å². The van der Waals surface area contributed by atoms with Crippen molar-refractivity contribution < 1.29 is 5.11 Å². The van der Waals surface area contributed by atoms with E-state index in [1.807, 2.05) is 0 Å². The first-order valence-corrected chi connectivity index (χ1v) is 8.73. The summed E-state index contributed by atoms with van der Waals surface area (Å²) < 4.78 is 0. The Morgan fingerprint density at radius 2 is 1.00 bits per heavy atom. The fourth-order valence-electron chi connectivity index (χ4n) is 2.40. The Kier molecular flexibility index (Phi) is 17.8. The number of nitrogens with one attached hydrogen (secondary N) is 1. The van der Waals surface area contributed by atoms with Gasteiger partial charge in [-0.15, -0.1) is 0 Å². The van der Waals surface area contributed by atoms with Crippen LogP contribution in [0.3, 0.4) is 0 Å². The fraction of sp³-hybridized carbons (Fsp3) is 1.00. The van der Waals surface area contributed by atoms with Crippen molar-refractivity contribution in [1.82, 2.24) is 5.32 Å². The van der Waals surface area contributed by atoms with E-state index in [1.165, 1.54) is 83.6 Å². The van der Waals surface area contributed by atoms with Crippen molar-refractivity contribution in [3.63, 3.8) is 0 Å². The molecular weight excluding hydrogens is 234 g/mol. The zero-order valence-electron chi connectivity index (χ0n) is 13.3. The van der Waals surface area contributed by atoms with Gasteiger partial charge < -0.3 is 10.4 Å². The summed E-state index contributed by atoms with van der Waals surface area (Å²) in [5, 5.41) is 12.2. The summed E-state index contributed by atoms with van der Waals surface area (Å²) in [6.07, 6.45) is 17.4. The van der Waals surface area contributed by atoms with Crippen molar-refractivity contribution in [1.29, 1.82) is 0 Å². The maximum absolute atomic E-state index is 8.65. The highest BCUT2D eigenvalue weighted by molar-refractivity contribution is 4.51. The molecule has 0 aliphatic rings. The van der Waals surface area contributed by atoms with Gasteiger partial charge in [-0.05, 0) is 32.4 Å². The van der Waals surface area contributed by atoms with Gasteiger partial charge in [-0.25, -0.2) is 0 Å². The van der Waals surface area contributed by atoms with Gasteiger partial charge >= 0.3 is 0 Å². The Balaban J connectivity index is 2.88. The van der Waals surface area contributed by atoms with Gasteiger partial charge in [0.25, 0.3) is 0 Å². The molecule has 0 bridgehead atoms. The van der Waals surface area contributed by atoms with Crippen molar-refractivity contribution >= 4 is 0 Å². The average Bonchev–Trinajstić information content (AvgIpc) is 2.43. The molecule has 0 amide bonds. The summed E-state index contributed by atoms with van der Waals surface area (Å²) >= 11 is 0. The zero-order chi connectivity index (χ0) is 14.0. The molecule has 0 aliphatic carbocycles. The molecular formula is C17H37NO. The van der Waals surface area contributed by atoms with Gasteiger partial charge in [-0.3, -0.25) is 0 Å². The molecule has 0 heterocycles. The predicted molar refractivity (Wildman–Crippen MR) is 85.7 cm³/mol. The standard InChI is InChI=1S/C17H37NO/c1-2-3-4-5-6-7-8-9-12-15-18-16-13-10-11-14-17-19/h18-19H,2-17H2,1H3. The van der Waals surface area contributed by atoms with Crippen molar-refractivity contribution in [2.75, 3.05) is 19.7 Å². The molecule has 0 unspecified atom stereocenters. The maximum atomic E-state index is 8.65. The second kappa shape index (κ2) is 17.9. The van der Waals surface area contributed by atoms with Crippen LogP contribution in [0.2, 0.25) is 0 Å². The first kappa shape index (κ1) is 18.9. The largest absolute Gasteiger partial charge is 0.396 e. The number of hydrogen-bond donors (Lipinski definition) is 2. The molecule has 0 aromatic heterocycles. The van der Waals surface area contributed by atoms with Crippen molar-refractivity contribution in [3.8, 4) is 0 Å². The predicted octanol–water partition coefficient (Wildman–Crippen LogP) is 4.66. The Morgan fingerprint density at radius 1 is 0.579 bits per heavy atom. The van der Waals surface area contributed by atoms with Crippen LogP contribution in [-0.2, 0) is 0 Å². The van der Waals surface area contributed by atoms with Crippen LogP contribution in [0.25, 0.3) is 0 Å². The van der Waals surface area contributed by atoms with Crippen molar-refractivity contribution in [3.05, 3.63) is 0 Å². The van der Waals surface area contributed by atoms with Gasteiger partial charge in [0.15, 0.2) is 0 Å². The summed E-state index contributed by atoms with van der Waals surface area (Å²) in [6.45, 7) is 4.98. The Labute approximate surface area is 121 Å². The highest BCUT2D eigenvalue weighted by Crippen LogP contribution is 2.09. The highest BCUT2D eigenvalue weighted by Gasteiger charge is 1.93. The van der Waals surface area contributed by atoms with E-state index < -0.39 is 0 Å². The van der Waals surface area contributed by atoms with Gasteiger partial charge in [-0.1, -0.05) is 71.1 Å². The van der Waals surface area contributed by atoms with Crippen LogP contribution >= 0.6 is 0 Å². The minimum atomic E-state index is 0.353. The molecule has 116 valence electrons. The molecule has 19 heavy (non-hydrogen) atoms. The maximum Gasteiger partial charge on any atom is 0.0431 e. The lowest BCUT2D eigenvalue weighted by atomic mass is 10.1. The lowest BCUT2D eigenvalue weighted by Crippen LogP contribution is -2.16. The molecule has 0 radical (unpaired) electrons. The smallest absolute Gasteiger partial charge is 0.0431 e. The quantitative estimate of drug-likeness (QED) is 0.400. The molecule has 0 rings (SSSR count). The van der Waals surface area contributed by atoms with Gasteiger partial charge in [0, 0.05) is 6.61 Å². The van der Waals surface area contributed by atoms with E-state index >= 15 is 0 Å². The molecule has 0 saturated heterocycles. The van der Waals surface area contributed by atoms with Crippen LogP contribution in [0.4, 0.5) is 0 Å². The van der Waals surface area contributed by atoms with E-state index in [9.17, 15) is 0 Å². The summed E-state index contributed by atoms with van der Waals surface area (Å²) in [7, 11) is 0. The number of unbranched alkanes of at least 4 members (excludes halogenated alkanes) is 11. The van der Waals surface area contributed by atoms with Crippen LogP contribution in [0.5, 0.6) is 0 Å². The Bertz CT molecular complexity index is 134. The molecule has 0 atom stereocenters. The third-order valence-corrected chi connectivity index (χ3v) is 3.72. The highest BCUT2D eigenvalue weighted by atomic mass is 16.2. The number of rotatable bonds is 16. The van der Waals surface area contributed by atoms with Crippen LogP contribution in [0, 0.1) is 0 Å². The molecule has 2 N–H and O–H groups in total. The SMILES string of the molecule is CCCCCCCCCCCNCCCCCCO. The van der Waals surface area contributed by atoms with Gasteiger partial charge in [0.1, 0.15) is 0 Å². The van der Waals surface area contributed by atoms with Crippen molar-refractivity contribution in [2.24, 2.45) is 0 Å². The summed E-state index contributed by atoms with van der Waals surface area (Å²) in [5.74, 6) is 0. The Hall–Kier alpha value is -0.0800. The molecule has 2 heteroatoms. The molecule has 0 aromatic rings. The van der Waals surface area contributed by atoms with E-state index in [-0.39, 0.29) is 0 Å². The van der Waals surface area contributed by atoms with E-state index in [1.54, 1.807) is 0 Å². The molecule has 0 aliphatic heterocycles. The van der Waals surface area contributed by atoms with E-state index in [2.05, 4.69) is 12.2 Å². The summed E-state index contributed by atoms with van der Waals surface area (Å²) in [4.78, 5) is 0. The number of aliphatic hydroxyl groups excluding tert-OH is 1. The fourth-order valence-corrected chi connectivity index (χ4v) is 2.40. The van der Waals surface area contributed by atoms with Crippen LogP contribution < -0.4 is 5.32 Å². The first-order chi connectivity index (χ1) is 9.41. The normalized spacial score (nSPS) is 11.1. The third kappa shape index (κ3) is 17.9. The number of hydrogen-bond acceptors (Lipinski definition) is 2. The van der Waals surface area contributed by atoms with Crippen molar-refractivity contribution in [2.45, 2.75) is 90.4 Å². The first-order valence-electron chi connectivity index (χ1n) is 8.73. The lowest BCUT2D eigenvalue weighted by Gasteiger charge is -2.05. The molecule has 2 nitrogen and oxygen atoms in total. The second-order valence-corrected chi connectivity index (χ2v) is 5.72. The monoisotopic (exact) mass is 271 g/mol. The third-order valence-electron chi connectivity index (χ3n) is 3.72. The molecule has 0 fully saturated rings. The van der Waals surface area contributed by atoms with E-state index in [0.29, 0.717) is 6.61 Å². The summed E-state index contributed by atoms with van der Waals surface area (Å²) in [6, 6.07) is 0. The van der Waals surface area contributed by atoms with Crippen LogP contribution in [-0.4, -0.2) is 24.8 Å². The van der Waals surface area contributed by atoms with Crippen LogP contribution in [0.15, 0.2) is 0 Å². The van der Waals surface area contributed by atoms with E-state index in [0.717, 1.165) is 13.0 Å². The Morgan fingerprint density at radius 3 is 1.47 bits per heavy atom. The van der Waals surface area contributed by atoms with Gasteiger partial charge in [0.05, 0.1) is 0 Å². The minimum absolute atomic E-state index is 0.353. The molecule has 0 spiro atoms. The minimum Gasteiger partial charge on any atom is -0.396 e.